The average molecular weight is 360 g/mol. The third-order valence-corrected chi connectivity index (χ3v) is 4.29. The molecule has 0 bridgehead atoms. The van der Waals surface area contributed by atoms with E-state index in [9.17, 15) is 9.90 Å². The van der Waals surface area contributed by atoms with Crippen LogP contribution in [0.2, 0.25) is 0 Å². The van der Waals surface area contributed by atoms with Crippen molar-refractivity contribution >= 4 is 5.78 Å². The monoisotopic (exact) mass is 360 g/mol. The summed E-state index contributed by atoms with van der Waals surface area (Å²) in [4.78, 5) is 12.8. The predicted octanol–water partition coefficient (Wildman–Crippen LogP) is 2.40. The Morgan fingerprint density at radius 1 is 0.923 bits per heavy atom. The molecule has 1 heterocycles. The standard InChI is InChI=1S/C19H20O7/c1-22-11-7-5-10(6-8-11)17-16(21)15(20)14-12(26-17)9-13(23-2)18(24-3)19(14)25-4/h5-9,16-17,21H,1-4H3/t16-,17-/m0/s1. The molecule has 138 valence electrons. The van der Waals surface area contributed by atoms with E-state index >= 15 is 0 Å². The van der Waals surface area contributed by atoms with E-state index in [1.165, 1.54) is 21.3 Å². The predicted molar refractivity (Wildman–Crippen MR) is 92.8 cm³/mol. The van der Waals surface area contributed by atoms with Crippen LogP contribution in [0.3, 0.4) is 0 Å². The van der Waals surface area contributed by atoms with E-state index < -0.39 is 18.0 Å². The second-order valence-corrected chi connectivity index (χ2v) is 5.64. The first-order valence-corrected chi connectivity index (χ1v) is 7.91. The maximum atomic E-state index is 12.8. The number of aliphatic hydroxyl groups is 1. The quantitative estimate of drug-likeness (QED) is 0.876. The number of hydrogen-bond acceptors (Lipinski definition) is 7. The maximum absolute atomic E-state index is 12.8. The number of methoxy groups -OCH3 is 4. The summed E-state index contributed by atoms with van der Waals surface area (Å²) in [6.07, 6.45) is -2.24. The summed E-state index contributed by atoms with van der Waals surface area (Å²) in [5.74, 6) is 1.21. The van der Waals surface area contributed by atoms with Gasteiger partial charge in [-0.2, -0.15) is 0 Å². The minimum atomic E-state index is -1.39. The topological polar surface area (TPSA) is 83.5 Å². The van der Waals surface area contributed by atoms with Crippen LogP contribution in [-0.4, -0.2) is 45.4 Å². The fourth-order valence-electron chi connectivity index (χ4n) is 2.99. The molecule has 1 N–H and O–H groups in total. The van der Waals surface area contributed by atoms with E-state index in [0.29, 0.717) is 17.1 Å². The van der Waals surface area contributed by atoms with E-state index in [4.69, 9.17) is 23.7 Å². The van der Waals surface area contributed by atoms with E-state index in [0.717, 1.165) is 0 Å². The zero-order valence-corrected chi connectivity index (χ0v) is 14.9. The van der Waals surface area contributed by atoms with Gasteiger partial charge >= 0.3 is 0 Å². The lowest BCUT2D eigenvalue weighted by Crippen LogP contribution is -2.36. The van der Waals surface area contributed by atoms with Crippen molar-refractivity contribution in [3.05, 3.63) is 41.5 Å². The molecular weight excluding hydrogens is 340 g/mol. The van der Waals surface area contributed by atoms with Crippen LogP contribution in [0.15, 0.2) is 30.3 Å². The zero-order valence-electron chi connectivity index (χ0n) is 14.9. The van der Waals surface area contributed by atoms with E-state index in [2.05, 4.69) is 0 Å². The highest BCUT2D eigenvalue weighted by Crippen LogP contribution is 2.49. The average Bonchev–Trinajstić information content (AvgIpc) is 2.69. The van der Waals surface area contributed by atoms with Crippen LogP contribution in [-0.2, 0) is 0 Å². The first kappa shape index (κ1) is 17.9. The summed E-state index contributed by atoms with van der Waals surface area (Å²) in [7, 11) is 5.89. The molecule has 0 unspecified atom stereocenters. The van der Waals surface area contributed by atoms with Crippen molar-refractivity contribution in [2.24, 2.45) is 0 Å². The summed E-state index contributed by atoms with van der Waals surface area (Å²) in [5, 5.41) is 10.5. The maximum Gasteiger partial charge on any atom is 0.204 e. The number of fused-ring (bicyclic) bond motifs is 1. The molecule has 26 heavy (non-hydrogen) atoms. The second-order valence-electron chi connectivity index (χ2n) is 5.64. The van der Waals surface area contributed by atoms with E-state index in [1.54, 1.807) is 37.4 Å². The molecule has 7 nitrogen and oxygen atoms in total. The van der Waals surface area contributed by atoms with Gasteiger partial charge in [0.05, 0.1) is 28.4 Å². The van der Waals surface area contributed by atoms with Crippen LogP contribution in [0, 0.1) is 0 Å². The molecule has 3 rings (SSSR count). The van der Waals surface area contributed by atoms with Crippen molar-refractivity contribution in [3.63, 3.8) is 0 Å². The van der Waals surface area contributed by atoms with Crippen LogP contribution >= 0.6 is 0 Å². The number of carbonyl (C=O) groups excluding carboxylic acids is 1. The third kappa shape index (κ3) is 2.80. The molecule has 1 aliphatic heterocycles. The molecule has 2 aromatic rings. The highest BCUT2D eigenvalue weighted by atomic mass is 16.5. The van der Waals surface area contributed by atoms with Gasteiger partial charge in [-0.1, -0.05) is 12.1 Å². The Labute approximate surface area is 151 Å². The fraction of sp³-hybridized carbons (Fsp3) is 0.316. The number of ketones is 1. The molecule has 0 radical (unpaired) electrons. The number of Topliss-reactive ketones (excluding diaryl/α,β-unsaturated/α-hetero) is 1. The smallest absolute Gasteiger partial charge is 0.204 e. The Morgan fingerprint density at radius 3 is 2.12 bits per heavy atom. The Hall–Kier alpha value is -2.93. The second kappa shape index (κ2) is 7.13. The van der Waals surface area contributed by atoms with Crippen LogP contribution in [0.1, 0.15) is 22.0 Å². The van der Waals surface area contributed by atoms with E-state index in [1.807, 2.05) is 0 Å². The first-order chi connectivity index (χ1) is 12.5. The van der Waals surface area contributed by atoms with Crippen LogP contribution < -0.4 is 23.7 Å². The molecule has 0 aliphatic carbocycles. The zero-order chi connectivity index (χ0) is 18.8. The molecule has 0 aromatic heterocycles. The number of rotatable bonds is 5. The van der Waals surface area contributed by atoms with Crippen molar-refractivity contribution in [3.8, 4) is 28.7 Å². The summed E-state index contributed by atoms with van der Waals surface area (Å²) < 4.78 is 27.0. The van der Waals surface area contributed by atoms with Crippen molar-refractivity contribution in [2.75, 3.05) is 28.4 Å². The van der Waals surface area contributed by atoms with Crippen molar-refractivity contribution in [1.29, 1.82) is 0 Å². The summed E-state index contributed by atoms with van der Waals surface area (Å²) in [6.45, 7) is 0. The van der Waals surface area contributed by atoms with Gasteiger partial charge in [0, 0.05) is 6.07 Å². The summed E-state index contributed by atoms with van der Waals surface area (Å²) in [6, 6.07) is 8.50. The Bertz CT molecular complexity index is 814. The molecular formula is C19H20O7. The van der Waals surface area contributed by atoms with Gasteiger partial charge in [-0.25, -0.2) is 0 Å². The Balaban J connectivity index is 2.09. The Kier molecular flexibility index (Phi) is 4.90. The number of benzene rings is 2. The van der Waals surface area contributed by atoms with Gasteiger partial charge in [0.2, 0.25) is 11.5 Å². The molecule has 0 saturated carbocycles. The van der Waals surface area contributed by atoms with E-state index in [-0.39, 0.29) is 22.8 Å². The van der Waals surface area contributed by atoms with Gasteiger partial charge in [0.25, 0.3) is 0 Å². The molecule has 1 aliphatic rings. The normalized spacial score (nSPS) is 18.6. The molecule has 0 spiro atoms. The number of aliphatic hydroxyl groups excluding tert-OH is 1. The molecule has 0 amide bonds. The van der Waals surface area contributed by atoms with Crippen molar-refractivity contribution < 1.29 is 33.6 Å². The van der Waals surface area contributed by atoms with Gasteiger partial charge in [0.15, 0.2) is 23.7 Å². The minimum Gasteiger partial charge on any atom is -0.497 e. The summed E-state index contributed by atoms with van der Waals surface area (Å²) >= 11 is 0. The highest BCUT2D eigenvalue weighted by Gasteiger charge is 2.41. The van der Waals surface area contributed by atoms with Crippen LogP contribution in [0.25, 0.3) is 0 Å². The van der Waals surface area contributed by atoms with Gasteiger partial charge in [-0.05, 0) is 17.7 Å². The largest absolute Gasteiger partial charge is 0.497 e. The van der Waals surface area contributed by atoms with Gasteiger partial charge < -0.3 is 28.8 Å². The van der Waals surface area contributed by atoms with Gasteiger partial charge in [0.1, 0.15) is 17.1 Å². The van der Waals surface area contributed by atoms with Crippen molar-refractivity contribution in [2.45, 2.75) is 12.2 Å². The first-order valence-electron chi connectivity index (χ1n) is 7.91. The number of ether oxygens (including phenoxy) is 5. The Morgan fingerprint density at radius 2 is 1.58 bits per heavy atom. The lowest BCUT2D eigenvalue weighted by Gasteiger charge is -2.31. The molecule has 0 saturated heterocycles. The van der Waals surface area contributed by atoms with Crippen LogP contribution in [0.4, 0.5) is 0 Å². The molecule has 0 fully saturated rings. The minimum absolute atomic E-state index is 0.127. The van der Waals surface area contributed by atoms with Crippen LogP contribution in [0.5, 0.6) is 28.7 Å². The number of hydrogen-bond donors (Lipinski definition) is 1. The molecule has 2 atom stereocenters. The highest BCUT2D eigenvalue weighted by molar-refractivity contribution is 6.06. The fourth-order valence-corrected chi connectivity index (χ4v) is 2.99. The number of carbonyl (C=O) groups is 1. The SMILES string of the molecule is COc1ccc([C@@H]2Oc3cc(OC)c(OC)c(OC)c3C(=O)[C@@H]2O)cc1. The van der Waals surface area contributed by atoms with Gasteiger partial charge in [-0.15, -0.1) is 0 Å². The molecule has 2 aromatic carbocycles. The lowest BCUT2D eigenvalue weighted by molar-refractivity contribution is 0.0209. The van der Waals surface area contributed by atoms with Crippen molar-refractivity contribution in [1.82, 2.24) is 0 Å². The summed E-state index contributed by atoms with van der Waals surface area (Å²) in [5.41, 5.74) is 0.772. The third-order valence-electron chi connectivity index (χ3n) is 4.29. The van der Waals surface area contributed by atoms with Gasteiger partial charge in [-0.3, -0.25) is 4.79 Å². The lowest BCUT2D eigenvalue weighted by atomic mass is 9.92. The molecule has 7 heteroatoms.